The molecule has 0 saturated heterocycles. The van der Waals surface area contributed by atoms with Gasteiger partial charge < -0.3 is 10.3 Å². The van der Waals surface area contributed by atoms with Crippen LogP contribution >= 0.6 is 0 Å². The van der Waals surface area contributed by atoms with Gasteiger partial charge >= 0.3 is 0 Å². The maximum absolute atomic E-state index is 13.0. The molecular weight excluding hydrogens is 352 g/mol. The zero-order valence-electron chi connectivity index (χ0n) is 16.5. The van der Waals surface area contributed by atoms with Crippen molar-refractivity contribution in [1.82, 2.24) is 30.0 Å². The Morgan fingerprint density at radius 3 is 2.68 bits per heavy atom. The number of hydrogen-bond acceptors (Lipinski definition) is 4. The average molecular weight is 376 g/mol. The number of amides is 1. The summed E-state index contributed by atoms with van der Waals surface area (Å²) in [5.74, 6) is 0.779. The highest BCUT2D eigenvalue weighted by Crippen LogP contribution is 2.24. The van der Waals surface area contributed by atoms with E-state index in [-0.39, 0.29) is 17.9 Å². The van der Waals surface area contributed by atoms with Gasteiger partial charge in [-0.25, -0.2) is 14.6 Å². The van der Waals surface area contributed by atoms with Crippen LogP contribution in [0.2, 0.25) is 0 Å². The Hall–Kier alpha value is -3.22. The van der Waals surface area contributed by atoms with Gasteiger partial charge in [-0.3, -0.25) is 4.79 Å². The molecule has 0 aliphatic heterocycles. The number of aromatic amines is 1. The largest absolute Gasteiger partial charge is 0.345 e. The third kappa shape index (κ3) is 3.24. The summed E-state index contributed by atoms with van der Waals surface area (Å²) < 4.78 is 1.86. The second-order valence-electron chi connectivity index (χ2n) is 7.55. The molecular formula is C21H24N6O. The highest BCUT2D eigenvalue weighted by Gasteiger charge is 2.19. The molecule has 7 heteroatoms. The van der Waals surface area contributed by atoms with E-state index in [4.69, 9.17) is 4.98 Å². The summed E-state index contributed by atoms with van der Waals surface area (Å²) in [6.07, 6.45) is 1.72. The number of nitrogens with zero attached hydrogens (tertiary/aromatic N) is 4. The third-order valence-corrected chi connectivity index (χ3v) is 4.77. The Kier molecular flexibility index (Phi) is 4.58. The SMILES string of the molecule is CC(C)c1cc(C(=O)NCc2nc3ccccc3[nH]2)c2cnn(C(C)C)c2n1. The third-order valence-electron chi connectivity index (χ3n) is 4.77. The average Bonchev–Trinajstić information content (AvgIpc) is 3.28. The molecule has 2 N–H and O–H groups in total. The van der Waals surface area contributed by atoms with Gasteiger partial charge in [0.05, 0.1) is 34.7 Å². The van der Waals surface area contributed by atoms with Gasteiger partial charge in [0.15, 0.2) is 5.65 Å². The van der Waals surface area contributed by atoms with Crippen molar-refractivity contribution < 1.29 is 4.79 Å². The van der Waals surface area contributed by atoms with Gasteiger partial charge in [-0.15, -0.1) is 0 Å². The fourth-order valence-electron chi connectivity index (χ4n) is 3.25. The first kappa shape index (κ1) is 18.2. The van der Waals surface area contributed by atoms with Crippen LogP contribution < -0.4 is 5.32 Å². The minimum Gasteiger partial charge on any atom is -0.345 e. The summed E-state index contributed by atoms with van der Waals surface area (Å²) in [7, 11) is 0. The molecule has 0 unspecified atom stereocenters. The van der Waals surface area contributed by atoms with Crippen LogP contribution in [0.4, 0.5) is 0 Å². The number of carbonyl (C=O) groups is 1. The Bertz CT molecular complexity index is 1120. The number of fused-ring (bicyclic) bond motifs is 2. The van der Waals surface area contributed by atoms with Crippen LogP contribution in [0.5, 0.6) is 0 Å². The fraction of sp³-hybridized carbons (Fsp3) is 0.333. The topological polar surface area (TPSA) is 88.5 Å². The molecule has 144 valence electrons. The maximum Gasteiger partial charge on any atom is 0.252 e. The maximum atomic E-state index is 13.0. The normalized spacial score (nSPS) is 11.8. The summed E-state index contributed by atoms with van der Waals surface area (Å²) in [6, 6.07) is 9.84. The van der Waals surface area contributed by atoms with Crippen molar-refractivity contribution in [3.8, 4) is 0 Å². The van der Waals surface area contributed by atoms with E-state index in [1.807, 2.05) is 35.0 Å². The number of pyridine rings is 1. The minimum absolute atomic E-state index is 0.155. The molecule has 0 saturated carbocycles. The molecule has 7 nitrogen and oxygen atoms in total. The monoisotopic (exact) mass is 376 g/mol. The lowest BCUT2D eigenvalue weighted by molar-refractivity contribution is 0.0951. The predicted octanol–water partition coefficient (Wildman–Crippen LogP) is 3.94. The Morgan fingerprint density at radius 1 is 1.18 bits per heavy atom. The second kappa shape index (κ2) is 7.07. The second-order valence-corrected chi connectivity index (χ2v) is 7.55. The number of aromatic nitrogens is 5. The minimum atomic E-state index is -0.155. The van der Waals surface area contributed by atoms with Crippen LogP contribution in [0.15, 0.2) is 36.5 Å². The van der Waals surface area contributed by atoms with Crippen molar-refractivity contribution in [1.29, 1.82) is 0 Å². The number of hydrogen-bond donors (Lipinski definition) is 2. The molecule has 0 fully saturated rings. The first-order valence-electron chi connectivity index (χ1n) is 9.54. The van der Waals surface area contributed by atoms with Gasteiger partial charge in [0.25, 0.3) is 5.91 Å². The van der Waals surface area contributed by atoms with E-state index in [1.165, 1.54) is 0 Å². The molecule has 0 aliphatic rings. The number of carbonyl (C=O) groups excluding carboxylic acids is 1. The lowest BCUT2D eigenvalue weighted by Crippen LogP contribution is -2.24. The molecule has 0 aliphatic carbocycles. The van der Waals surface area contributed by atoms with Crippen LogP contribution in [-0.2, 0) is 6.54 Å². The molecule has 1 aromatic carbocycles. The van der Waals surface area contributed by atoms with Crippen LogP contribution in [-0.4, -0.2) is 30.6 Å². The predicted molar refractivity (Wildman–Crippen MR) is 109 cm³/mol. The molecule has 0 atom stereocenters. The van der Waals surface area contributed by atoms with E-state index < -0.39 is 0 Å². The molecule has 28 heavy (non-hydrogen) atoms. The lowest BCUT2D eigenvalue weighted by atomic mass is 10.0. The zero-order chi connectivity index (χ0) is 19.8. The van der Waals surface area contributed by atoms with Crippen LogP contribution in [0.3, 0.4) is 0 Å². The molecule has 0 bridgehead atoms. The number of para-hydroxylation sites is 2. The number of H-pyrrole nitrogens is 1. The van der Waals surface area contributed by atoms with Gasteiger partial charge in [0.2, 0.25) is 0 Å². The van der Waals surface area contributed by atoms with Crippen molar-refractivity contribution in [3.63, 3.8) is 0 Å². The van der Waals surface area contributed by atoms with Crippen LogP contribution in [0.1, 0.15) is 61.5 Å². The van der Waals surface area contributed by atoms with Gasteiger partial charge in [-0.1, -0.05) is 26.0 Å². The Labute approximate surface area is 163 Å². The van der Waals surface area contributed by atoms with Gasteiger partial charge in [-0.05, 0) is 38.0 Å². The Morgan fingerprint density at radius 2 is 1.96 bits per heavy atom. The molecule has 4 rings (SSSR count). The first-order valence-corrected chi connectivity index (χ1v) is 9.54. The standard InChI is InChI=1S/C21H24N6O/c1-12(2)18-9-14(15-10-23-27(13(3)4)20(15)26-18)21(28)22-11-19-24-16-7-5-6-8-17(16)25-19/h5-10,12-13H,11H2,1-4H3,(H,22,28)(H,24,25). The summed E-state index contributed by atoms with van der Waals surface area (Å²) in [5.41, 5.74) is 4.06. The van der Waals surface area contributed by atoms with Crippen molar-refractivity contribution in [2.45, 2.75) is 46.2 Å². The summed E-state index contributed by atoms with van der Waals surface area (Å²) in [4.78, 5) is 25.5. The fourth-order valence-corrected chi connectivity index (χ4v) is 3.25. The van der Waals surface area contributed by atoms with Crippen LogP contribution in [0.25, 0.3) is 22.1 Å². The van der Waals surface area contributed by atoms with E-state index >= 15 is 0 Å². The van der Waals surface area contributed by atoms with E-state index in [2.05, 4.69) is 48.1 Å². The van der Waals surface area contributed by atoms with Gasteiger partial charge in [0, 0.05) is 11.7 Å². The first-order chi connectivity index (χ1) is 13.4. The summed E-state index contributed by atoms with van der Waals surface area (Å²) in [5, 5.41) is 8.18. The number of nitrogens with one attached hydrogen (secondary N) is 2. The van der Waals surface area contributed by atoms with E-state index in [1.54, 1.807) is 6.20 Å². The molecule has 3 aromatic heterocycles. The molecule has 0 spiro atoms. The molecule has 4 aromatic rings. The van der Waals surface area contributed by atoms with Crippen molar-refractivity contribution in [3.05, 3.63) is 53.6 Å². The van der Waals surface area contributed by atoms with E-state index in [0.717, 1.165) is 33.6 Å². The smallest absolute Gasteiger partial charge is 0.252 e. The van der Waals surface area contributed by atoms with Gasteiger partial charge in [0.1, 0.15) is 5.82 Å². The quantitative estimate of drug-likeness (QED) is 0.552. The molecule has 1 amide bonds. The van der Waals surface area contributed by atoms with Crippen molar-refractivity contribution in [2.24, 2.45) is 0 Å². The lowest BCUT2D eigenvalue weighted by Gasteiger charge is -2.12. The van der Waals surface area contributed by atoms with Crippen molar-refractivity contribution in [2.75, 3.05) is 0 Å². The van der Waals surface area contributed by atoms with E-state index in [0.29, 0.717) is 12.1 Å². The molecule has 3 heterocycles. The summed E-state index contributed by atoms with van der Waals surface area (Å²) in [6.45, 7) is 8.57. The number of rotatable bonds is 5. The van der Waals surface area contributed by atoms with E-state index in [9.17, 15) is 4.79 Å². The number of imidazole rings is 1. The summed E-state index contributed by atoms with van der Waals surface area (Å²) >= 11 is 0. The highest BCUT2D eigenvalue weighted by molar-refractivity contribution is 6.05. The molecule has 0 radical (unpaired) electrons. The highest BCUT2D eigenvalue weighted by atomic mass is 16.1. The Balaban J connectivity index is 1.65. The van der Waals surface area contributed by atoms with Gasteiger partial charge in [-0.2, -0.15) is 5.10 Å². The zero-order valence-corrected chi connectivity index (χ0v) is 16.5. The number of benzene rings is 1. The van der Waals surface area contributed by atoms with Crippen molar-refractivity contribution >= 4 is 28.0 Å². The van der Waals surface area contributed by atoms with Crippen LogP contribution in [0, 0.1) is 0 Å².